The summed E-state index contributed by atoms with van der Waals surface area (Å²) in [5, 5.41) is 0. The van der Waals surface area contributed by atoms with Crippen LogP contribution in [0.5, 0.6) is 0 Å². The van der Waals surface area contributed by atoms with Crippen LogP contribution in [0.4, 0.5) is 0 Å². The van der Waals surface area contributed by atoms with Crippen LogP contribution < -0.4 is 0 Å². The van der Waals surface area contributed by atoms with Crippen LogP contribution in [0.2, 0.25) is 0 Å². The van der Waals surface area contributed by atoms with E-state index < -0.39 is 0 Å². The lowest BCUT2D eigenvalue weighted by Gasteiger charge is -2.28. The highest BCUT2D eigenvalue weighted by molar-refractivity contribution is 6.17. The van der Waals surface area contributed by atoms with Crippen molar-refractivity contribution in [3.8, 4) is 0 Å². The van der Waals surface area contributed by atoms with E-state index in [0.717, 1.165) is 12.8 Å². The smallest absolute Gasteiger partial charge is 0.0479 e. The van der Waals surface area contributed by atoms with Crippen molar-refractivity contribution in [2.45, 2.75) is 46.6 Å². The summed E-state index contributed by atoms with van der Waals surface area (Å²) in [4.78, 5) is 4.85. The topological polar surface area (TPSA) is 12.4 Å². The van der Waals surface area contributed by atoms with Crippen molar-refractivity contribution in [3.63, 3.8) is 0 Å². The molecule has 18 heavy (non-hydrogen) atoms. The molecule has 1 nitrogen and oxygen atoms in total. The van der Waals surface area contributed by atoms with Crippen molar-refractivity contribution in [1.82, 2.24) is 0 Å². The Morgan fingerprint density at radius 1 is 1.22 bits per heavy atom. The van der Waals surface area contributed by atoms with Crippen molar-refractivity contribution in [3.05, 3.63) is 35.9 Å². The number of aliphatic imine (C=N–C) groups is 1. The minimum absolute atomic E-state index is 0.0700. The molecule has 2 heteroatoms. The lowest BCUT2D eigenvalue weighted by Crippen LogP contribution is -2.26. The summed E-state index contributed by atoms with van der Waals surface area (Å²) in [5.74, 6) is 0.715. The van der Waals surface area contributed by atoms with Crippen LogP contribution in [0, 0.1) is 5.41 Å². The molecule has 0 atom stereocenters. The van der Waals surface area contributed by atoms with Gasteiger partial charge in [0.05, 0.1) is 0 Å². The second kappa shape index (κ2) is 6.94. The fourth-order valence-corrected chi connectivity index (χ4v) is 2.26. The zero-order valence-electron chi connectivity index (χ0n) is 11.9. The Morgan fingerprint density at radius 3 is 2.33 bits per heavy atom. The van der Waals surface area contributed by atoms with Crippen LogP contribution in [0.3, 0.4) is 0 Å². The average Bonchev–Trinajstić information content (AvgIpc) is 2.34. The predicted molar refractivity (Wildman–Crippen MR) is 81.9 cm³/mol. The minimum atomic E-state index is 0.0700. The molecule has 1 aromatic carbocycles. The maximum atomic E-state index is 5.82. The molecule has 0 aliphatic rings. The highest BCUT2D eigenvalue weighted by Crippen LogP contribution is 2.29. The first-order valence-electron chi connectivity index (χ1n) is 6.67. The first-order valence-corrected chi connectivity index (χ1v) is 7.20. The summed E-state index contributed by atoms with van der Waals surface area (Å²) in [7, 11) is 0. The summed E-state index contributed by atoms with van der Waals surface area (Å²) in [6.45, 7) is 8.77. The Balaban J connectivity index is 3.07. The second-order valence-corrected chi connectivity index (χ2v) is 5.99. The molecule has 0 radical (unpaired) electrons. The monoisotopic (exact) mass is 265 g/mol. The third-order valence-electron chi connectivity index (χ3n) is 3.01. The molecule has 0 aromatic heterocycles. The number of alkyl halides is 1. The van der Waals surface area contributed by atoms with E-state index in [9.17, 15) is 0 Å². The molecule has 0 bridgehead atoms. The third-order valence-corrected chi connectivity index (χ3v) is 3.28. The first-order chi connectivity index (χ1) is 8.47. The van der Waals surface area contributed by atoms with Crippen LogP contribution in [-0.2, 0) is 0 Å². The van der Waals surface area contributed by atoms with Crippen LogP contribution in [0.15, 0.2) is 35.3 Å². The van der Waals surface area contributed by atoms with E-state index in [1.807, 2.05) is 6.07 Å². The normalized spacial score (nSPS) is 13.1. The Labute approximate surface area is 116 Å². The lowest BCUT2D eigenvalue weighted by atomic mass is 9.79. The molecule has 100 valence electrons. The zero-order chi connectivity index (χ0) is 13.6. The number of benzene rings is 1. The number of hydrogen-bond acceptors (Lipinski definition) is 1. The van der Waals surface area contributed by atoms with Gasteiger partial charge in [-0.2, -0.15) is 0 Å². The number of nitrogens with zero attached hydrogens (tertiary/aromatic N) is 1. The molecule has 0 aliphatic carbocycles. The molecule has 0 amide bonds. The number of rotatable bonds is 6. The average molecular weight is 266 g/mol. The Hall–Kier alpha value is -0.820. The van der Waals surface area contributed by atoms with Crippen LogP contribution in [0.25, 0.3) is 0 Å². The summed E-state index contributed by atoms with van der Waals surface area (Å²) in [5.41, 5.74) is 2.49. The molecule has 1 aromatic rings. The van der Waals surface area contributed by atoms with E-state index in [2.05, 4.69) is 52.0 Å². The molecule has 1 rings (SSSR count). The molecule has 0 unspecified atom stereocenters. The van der Waals surface area contributed by atoms with Crippen LogP contribution in [0.1, 0.15) is 46.1 Å². The third kappa shape index (κ3) is 4.45. The highest BCUT2D eigenvalue weighted by Gasteiger charge is 2.25. The van der Waals surface area contributed by atoms with Crippen molar-refractivity contribution < 1.29 is 0 Å². The fraction of sp³-hybridized carbons (Fsp3) is 0.562. The number of halogens is 1. The van der Waals surface area contributed by atoms with Gasteiger partial charge in [0.2, 0.25) is 0 Å². The summed E-state index contributed by atoms with van der Waals surface area (Å²) in [6.07, 6.45) is 2.09. The lowest BCUT2D eigenvalue weighted by molar-refractivity contribution is 0.467. The molecule has 0 saturated heterocycles. The van der Waals surface area contributed by atoms with Gasteiger partial charge in [-0.1, -0.05) is 44.2 Å². The van der Waals surface area contributed by atoms with Crippen molar-refractivity contribution >= 4 is 17.3 Å². The van der Waals surface area contributed by atoms with Crippen LogP contribution in [-0.4, -0.2) is 17.6 Å². The molecular formula is C16H24ClN. The van der Waals surface area contributed by atoms with E-state index in [4.69, 9.17) is 16.6 Å². The molecule has 0 N–H and O–H groups in total. The first kappa shape index (κ1) is 15.2. The molecular weight excluding hydrogens is 242 g/mol. The van der Waals surface area contributed by atoms with Crippen molar-refractivity contribution in [2.24, 2.45) is 10.4 Å². The summed E-state index contributed by atoms with van der Waals surface area (Å²) in [6, 6.07) is 10.8. The highest BCUT2D eigenvalue weighted by atomic mass is 35.5. The van der Waals surface area contributed by atoms with E-state index in [-0.39, 0.29) is 5.41 Å². The van der Waals surface area contributed by atoms with Gasteiger partial charge < -0.3 is 0 Å². The van der Waals surface area contributed by atoms with Gasteiger partial charge in [0.15, 0.2) is 0 Å². The Bertz CT molecular complexity index is 379. The van der Waals surface area contributed by atoms with E-state index >= 15 is 0 Å². The summed E-state index contributed by atoms with van der Waals surface area (Å²) < 4.78 is 0. The van der Waals surface area contributed by atoms with Gasteiger partial charge in [-0.05, 0) is 32.3 Å². The Morgan fingerprint density at radius 2 is 1.83 bits per heavy atom. The fourth-order valence-electron chi connectivity index (χ4n) is 2.12. The molecule has 0 spiro atoms. The molecule has 0 saturated carbocycles. The molecule has 0 heterocycles. The zero-order valence-corrected chi connectivity index (χ0v) is 12.7. The quantitative estimate of drug-likeness (QED) is 0.511. The SMILES string of the molecule is CC(C)N=C(c1ccccc1)C(C)(C)CCCCl. The van der Waals surface area contributed by atoms with Crippen molar-refractivity contribution in [1.29, 1.82) is 0 Å². The number of hydrogen-bond donors (Lipinski definition) is 0. The summed E-state index contributed by atoms with van der Waals surface area (Å²) >= 11 is 5.82. The largest absolute Gasteiger partial charge is 0.286 e. The molecule has 0 fully saturated rings. The maximum Gasteiger partial charge on any atom is 0.0479 e. The van der Waals surface area contributed by atoms with Crippen molar-refractivity contribution in [2.75, 3.05) is 5.88 Å². The van der Waals surface area contributed by atoms with Gasteiger partial charge in [-0.25, -0.2) is 0 Å². The standard InChI is InChI=1S/C16H24ClN/c1-13(2)18-15(14-9-6-5-7-10-14)16(3,4)11-8-12-17/h5-7,9-10,13H,8,11-12H2,1-4H3. The van der Waals surface area contributed by atoms with E-state index in [1.54, 1.807) is 0 Å². The Kier molecular flexibility index (Phi) is 5.87. The second-order valence-electron chi connectivity index (χ2n) is 5.61. The predicted octanol–water partition coefficient (Wildman–Crippen LogP) is 4.93. The van der Waals surface area contributed by atoms with Gasteiger partial charge in [-0.15, -0.1) is 11.6 Å². The van der Waals surface area contributed by atoms with Gasteiger partial charge in [0.25, 0.3) is 0 Å². The van der Waals surface area contributed by atoms with Gasteiger partial charge in [0, 0.05) is 23.0 Å². The van der Waals surface area contributed by atoms with E-state index in [0.29, 0.717) is 11.9 Å². The maximum absolute atomic E-state index is 5.82. The van der Waals surface area contributed by atoms with Gasteiger partial charge in [0.1, 0.15) is 0 Å². The van der Waals surface area contributed by atoms with Crippen LogP contribution >= 0.6 is 11.6 Å². The van der Waals surface area contributed by atoms with Gasteiger partial charge in [-0.3, -0.25) is 4.99 Å². The minimum Gasteiger partial charge on any atom is -0.286 e. The van der Waals surface area contributed by atoms with Gasteiger partial charge >= 0.3 is 0 Å². The molecule has 0 aliphatic heterocycles. The van der Waals surface area contributed by atoms with E-state index in [1.165, 1.54) is 11.3 Å².